The molecule has 2 aromatic carbocycles. The monoisotopic (exact) mass is 557 g/mol. The molecule has 13 heteroatoms. The van der Waals surface area contributed by atoms with Crippen LogP contribution in [0, 0.1) is 29.2 Å². The molecule has 1 heterocycles. The minimum Gasteiger partial charge on any atom is -0.373 e. The largest absolute Gasteiger partial charge is 0.417 e. The second-order valence-electron chi connectivity index (χ2n) is 9.06. The number of amides is 1. The lowest BCUT2D eigenvalue weighted by Gasteiger charge is -2.34. The number of aromatic amines is 1. The highest BCUT2D eigenvalue weighted by atomic mass is 19.4. The maximum Gasteiger partial charge on any atom is 0.417 e. The summed E-state index contributed by atoms with van der Waals surface area (Å²) in [6, 6.07) is 4.81. The second kappa shape index (κ2) is 11.2. The predicted molar refractivity (Wildman–Crippen MR) is 124 cm³/mol. The number of rotatable bonds is 8. The van der Waals surface area contributed by atoms with E-state index in [1.165, 1.54) is 13.0 Å². The van der Waals surface area contributed by atoms with E-state index in [0.717, 1.165) is 18.2 Å². The molecule has 0 spiro atoms. The van der Waals surface area contributed by atoms with Crippen molar-refractivity contribution in [3.8, 4) is 11.4 Å². The standard InChI is InChI=1S/C26H22F7N3O3/c1-2-19-22(30)25(38)36-23(35-19)20-16(26(31,32)33)5-4-13(21(20)29)10-34-24(37)14-8-15(9-14)39-11-12-3-6-17(27)18(28)7-12/h3-7,14-15H,2,8-11H2,1H3,(H,34,37)(H,35,36,38)/t14-,15-. The van der Waals surface area contributed by atoms with Crippen LogP contribution in [0.4, 0.5) is 30.7 Å². The number of aryl methyl sites for hydroxylation is 1. The van der Waals surface area contributed by atoms with Gasteiger partial charge in [0, 0.05) is 18.0 Å². The normalized spacial score (nSPS) is 17.1. The maximum atomic E-state index is 15.4. The molecule has 208 valence electrons. The summed E-state index contributed by atoms with van der Waals surface area (Å²) in [6.07, 6.45) is -4.85. The molecule has 6 nitrogen and oxygen atoms in total. The molecule has 0 atom stereocenters. The Labute approximate surface area is 217 Å². The number of carbonyl (C=O) groups excluding carboxylic acids is 1. The van der Waals surface area contributed by atoms with Gasteiger partial charge in [-0.15, -0.1) is 0 Å². The van der Waals surface area contributed by atoms with Crippen LogP contribution in [-0.4, -0.2) is 22.0 Å². The van der Waals surface area contributed by atoms with Crippen molar-refractivity contribution in [3.63, 3.8) is 0 Å². The summed E-state index contributed by atoms with van der Waals surface area (Å²) in [7, 11) is 0. The highest BCUT2D eigenvalue weighted by Crippen LogP contribution is 2.38. The van der Waals surface area contributed by atoms with Gasteiger partial charge in [0.2, 0.25) is 11.7 Å². The first kappa shape index (κ1) is 28.3. The maximum absolute atomic E-state index is 15.4. The molecule has 3 aromatic rings. The number of nitrogens with one attached hydrogen (secondary N) is 2. The van der Waals surface area contributed by atoms with E-state index in [1.807, 2.05) is 4.98 Å². The van der Waals surface area contributed by atoms with Crippen LogP contribution in [0.5, 0.6) is 0 Å². The number of hydrogen-bond donors (Lipinski definition) is 2. The van der Waals surface area contributed by atoms with Crippen molar-refractivity contribution in [3.05, 3.63) is 86.3 Å². The lowest BCUT2D eigenvalue weighted by Crippen LogP contribution is -2.42. The Morgan fingerprint density at radius 2 is 1.79 bits per heavy atom. The molecule has 0 bridgehead atoms. The zero-order valence-electron chi connectivity index (χ0n) is 20.4. The average Bonchev–Trinajstić information content (AvgIpc) is 2.85. The molecule has 2 N–H and O–H groups in total. The Morgan fingerprint density at radius 1 is 1.08 bits per heavy atom. The Kier molecular flexibility index (Phi) is 8.09. The summed E-state index contributed by atoms with van der Waals surface area (Å²) in [5.41, 5.74) is -4.14. The SMILES string of the molecule is CCc1nc(-c2c(C(F)(F)F)ccc(CNC(=O)[C@H]3C[C@H](OCc4ccc(F)c(F)c4)C3)c2F)[nH]c(=O)c1F. The molecule has 1 fully saturated rings. The molecular formula is C26H22F7N3O3. The third-order valence-electron chi connectivity index (χ3n) is 6.42. The first-order valence-corrected chi connectivity index (χ1v) is 11.9. The van der Waals surface area contributed by atoms with Crippen LogP contribution < -0.4 is 10.9 Å². The number of benzene rings is 2. The third kappa shape index (κ3) is 6.13. The fraction of sp³-hybridized carbons (Fsp3) is 0.346. The molecule has 1 aliphatic carbocycles. The van der Waals surface area contributed by atoms with Crippen molar-refractivity contribution < 1.29 is 40.3 Å². The van der Waals surface area contributed by atoms with Crippen LogP contribution in [0.2, 0.25) is 0 Å². The number of nitrogens with zero attached hydrogens (tertiary/aromatic N) is 1. The van der Waals surface area contributed by atoms with E-state index in [9.17, 15) is 35.9 Å². The Morgan fingerprint density at radius 3 is 2.44 bits per heavy atom. The number of hydrogen-bond acceptors (Lipinski definition) is 4. The first-order chi connectivity index (χ1) is 18.4. The zero-order valence-corrected chi connectivity index (χ0v) is 20.4. The third-order valence-corrected chi connectivity index (χ3v) is 6.42. The summed E-state index contributed by atoms with van der Waals surface area (Å²) in [4.78, 5) is 29.9. The lowest BCUT2D eigenvalue weighted by molar-refractivity contribution is -0.137. The fourth-order valence-corrected chi connectivity index (χ4v) is 4.17. The van der Waals surface area contributed by atoms with Gasteiger partial charge in [-0.3, -0.25) is 9.59 Å². The van der Waals surface area contributed by atoms with Crippen LogP contribution in [0.25, 0.3) is 11.4 Å². The number of halogens is 7. The van der Waals surface area contributed by atoms with Crippen molar-refractivity contribution >= 4 is 5.91 Å². The Balaban J connectivity index is 1.43. The van der Waals surface area contributed by atoms with E-state index in [4.69, 9.17) is 4.74 Å². The molecule has 0 saturated heterocycles. The summed E-state index contributed by atoms with van der Waals surface area (Å²) in [6.45, 7) is 0.980. The number of alkyl halides is 3. The second-order valence-corrected chi connectivity index (χ2v) is 9.06. The summed E-state index contributed by atoms with van der Waals surface area (Å²) >= 11 is 0. The molecule has 4 rings (SSSR count). The van der Waals surface area contributed by atoms with Gasteiger partial charge in [-0.1, -0.05) is 19.1 Å². The van der Waals surface area contributed by atoms with Crippen molar-refractivity contribution in [1.82, 2.24) is 15.3 Å². The van der Waals surface area contributed by atoms with Crippen LogP contribution in [0.3, 0.4) is 0 Å². The van der Waals surface area contributed by atoms with E-state index in [1.54, 1.807) is 0 Å². The molecule has 1 amide bonds. The molecule has 39 heavy (non-hydrogen) atoms. The molecule has 1 aliphatic rings. The van der Waals surface area contributed by atoms with Crippen LogP contribution in [0.1, 0.15) is 42.1 Å². The average molecular weight is 557 g/mol. The highest BCUT2D eigenvalue weighted by Gasteiger charge is 2.38. The van der Waals surface area contributed by atoms with E-state index >= 15 is 4.39 Å². The molecule has 1 aromatic heterocycles. The van der Waals surface area contributed by atoms with Gasteiger partial charge in [0.25, 0.3) is 5.56 Å². The lowest BCUT2D eigenvalue weighted by atomic mass is 9.81. The van der Waals surface area contributed by atoms with Gasteiger partial charge in [-0.25, -0.2) is 18.2 Å². The molecule has 0 aliphatic heterocycles. The van der Waals surface area contributed by atoms with E-state index < -0.39 is 76.0 Å². The number of aromatic nitrogens is 2. The van der Waals surface area contributed by atoms with Gasteiger partial charge in [0.1, 0.15) is 11.6 Å². The van der Waals surface area contributed by atoms with E-state index in [2.05, 4.69) is 10.3 Å². The summed E-state index contributed by atoms with van der Waals surface area (Å²) in [5, 5.41) is 2.47. The number of ether oxygens (including phenoxy) is 1. The van der Waals surface area contributed by atoms with Crippen LogP contribution in [-0.2, 0) is 35.3 Å². The van der Waals surface area contributed by atoms with Crippen LogP contribution >= 0.6 is 0 Å². The van der Waals surface area contributed by atoms with Crippen LogP contribution in [0.15, 0.2) is 35.1 Å². The molecule has 1 saturated carbocycles. The van der Waals surface area contributed by atoms with Gasteiger partial charge < -0.3 is 15.0 Å². The van der Waals surface area contributed by atoms with Gasteiger partial charge in [0.15, 0.2) is 11.6 Å². The smallest absolute Gasteiger partial charge is 0.373 e. The van der Waals surface area contributed by atoms with Crippen molar-refractivity contribution in [2.45, 2.75) is 51.6 Å². The quantitative estimate of drug-likeness (QED) is 0.374. The number of carbonyl (C=O) groups is 1. The summed E-state index contributed by atoms with van der Waals surface area (Å²) in [5.74, 6) is -6.40. The number of H-pyrrole nitrogens is 1. The van der Waals surface area contributed by atoms with E-state index in [-0.39, 0.29) is 24.7 Å². The molecular weight excluding hydrogens is 535 g/mol. The fourth-order valence-electron chi connectivity index (χ4n) is 4.17. The topological polar surface area (TPSA) is 84.1 Å². The van der Waals surface area contributed by atoms with Crippen molar-refractivity contribution in [2.24, 2.45) is 5.92 Å². The van der Waals surface area contributed by atoms with Gasteiger partial charge in [0.05, 0.1) is 29.5 Å². The van der Waals surface area contributed by atoms with Gasteiger partial charge >= 0.3 is 6.18 Å². The van der Waals surface area contributed by atoms with Crippen molar-refractivity contribution in [2.75, 3.05) is 0 Å². The zero-order chi connectivity index (χ0) is 28.5. The summed E-state index contributed by atoms with van der Waals surface area (Å²) < 4.78 is 102. The Bertz CT molecular complexity index is 1450. The van der Waals surface area contributed by atoms with Gasteiger partial charge in [-0.2, -0.15) is 17.6 Å². The molecule has 0 unspecified atom stereocenters. The molecule has 0 radical (unpaired) electrons. The van der Waals surface area contributed by atoms with Crippen molar-refractivity contribution in [1.29, 1.82) is 0 Å². The minimum absolute atomic E-state index is 0.00894. The minimum atomic E-state index is -5.02. The Hall–Kier alpha value is -3.74. The van der Waals surface area contributed by atoms with E-state index in [0.29, 0.717) is 24.5 Å². The highest BCUT2D eigenvalue weighted by molar-refractivity contribution is 5.79. The predicted octanol–water partition coefficient (Wildman–Crippen LogP) is 5.19. The first-order valence-electron chi connectivity index (χ1n) is 11.9. The van der Waals surface area contributed by atoms with Gasteiger partial charge in [-0.05, 0) is 43.0 Å².